The molecule has 142 valence electrons. The van der Waals surface area contributed by atoms with E-state index in [1.807, 2.05) is 25.1 Å². The number of amides is 2. The maximum atomic E-state index is 12.6. The topological polar surface area (TPSA) is 76.7 Å². The molecule has 1 fully saturated rings. The SMILES string of the molecule is COc1ccc(OC)c(C(C)NC(=O)c2ccc(NC(=O)C3CC3)cc2)c1. The van der Waals surface area contributed by atoms with Crippen LogP contribution in [0.5, 0.6) is 11.5 Å². The summed E-state index contributed by atoms with van der Waals surface area (Å²) in [7, 11) is 3.19. The van der Waals surface area contributed by atoms with Crippen LogP contribution in [-0.4, -0.2) is 26.0 Å². The number of nitrogens with one attached hydrogen (secondary N) is 2. The number of anilines is 1. The van der Waals surface area contributed by atoms with Crippen LogP contribution in [0.3, 0.4) is 0 Å². The van der Waals surface area contributed by atoms with Crippen LogP contribution in [0, 0.1) is 5.92 Å². The Hall–Kier alpha value is -3.02. The van der Waals surface area contributed by atoms with E-state index in [2.05, 4.69) is 10.6 Å². The molecule has 0 saturated heterocycles. The van der Waals surface area contributed by atoms with Gasteiger partial charge in [-0.15, -0.1) is 0 Å². The van der Waals surface area contributed by atoms with E-state index < -0.39 is 0 Å². The molecule has 1 atom stereocenters. The van der Waals surface area contributed by atoms with Gasteiger partial charge < -0.3 is 20.1 Å². The van der Waals surface area contributed by atoms with Crippen LogP contribution in [-0.2, 0) is 4.79 Å². The highest BCUT2D eigenvalue weighted by atomic mass is 16.5. The Bertz CT molecular complexity index is 829. The van der Waals surface area contributed by atoms with Crippen LogP contribution in [0.15, 0.2) is 42.5 Å². The minimum Gasteiger partial charge on any atom is -0.497 e. The second-order valence-corrected chi connectivity index (χ2v) is 6.64. The third-order valence-electron chi connectivity index (χ3n) is 4.61. The van der Waals surface area contributed by atoms with Gasteiger partial charge >= 0.3 is 0 Å². The summed E-state index contributed by atoms with van der Waals surface area (Å²) in [5, 5.41) is 5.83. The van der Waals surface area contributed by atoms with Gasteiger partial charge in [0.15, 0.2) is 0 Å². The number of rotatable bonds is 7. The van der Waals surface area contributed by atoms with E-state index in [-0.39, 0.29) is 23.8 Å². The van der Waals surface area contributed by atoms with Crippen LogP contribution in [0.4, 0.5) is 5.69 Å². The van der Waals surface area contributed by atoms with E-state index in [9.17, 15) is 9.59 Å². The van der Waals surface area contributed by atoms with E-state index >= 15 is 0 Å². The van der Waals surface area contributed by atoms with Crippen LogP contribution in [0.1, 0.15) is 41.7 Å². The van der Waals surface area contributed by atoms with Gasteiger partial charge in [0.2, 0.25) is 5.91 Å². The number of hydrogen-bond acceptors (Lipinski definition) is 4. The lowest BCUT2D eigenvalue weighted by Crippen LogP contribution is -2.27. The first-order valence-corrected chi connectivity index (χ1v) is 8.95. The molecule has 6 heteroatoms. The van der Waals surface area contributed by atoms with Gasteiger partial charge in [0, 0.05) is 22.7 Å². The molecule has 1 aliphatic rings. The summed E-state index contributed by atoms with van der Waals surface area (Å²) >= 11 is 0. The quantitative estimate of drug-likeness (QED) is 0.784. The van der Waals surface area contributed by atoms with Crippen molar-refractivity contribution in [2.24, 2.45) is 5.92 Å². The van der Waals surface area contributed by atoms with Gasteiger partial charge in [0.25, 0.3) is 5.91 Å². The van der Waals surface area contributed by atoms with Gasteiger partial charge in [-0.25, -0.2) is 0 Å². The molecular weight excluding hydrogens is 344 g/mol. The third-order valence-corrected chi connectivity index (χ3v) is 4.61. The number of carbonyl (C=O) groups excluding carboxylic acids is 2. The van der Waals surface area contributed by atoms with Crippen molar-refractivity contribution in [1.82, 2.24) is 5.32 Å². The molecule has 2 amide bonds. The van der Waals surface area contributed by atoms with Crippen LogP contribution in [0.25, 0.3) is 0 Å². The number of carbonyl (C=O) groups is 2. The van der Waals surface area contributed by atoms with Crippen molar-refractivity contribution in [1.29, 1.82) is 0 Å². The lowest BCUT2D eigenvalue weighted by Gasteiger charge is -2.18. The second-order valence-electron chi connectivity index (χ2n) is 6.64. The van der Waals surface area contributed by atoms with Crippen LogP contribution < -0.4 is 20.1 Å². The number of benzene rings is 2. The summed E-state index contributed by atoms with van der Waals surface area (Å²) in [6.45, 7) is 1.89. The molecule has 0 radical (unpaired) electrons. The first-order chi connectivity index (χ1) is 13.0. The number of ether oxygens (including phenoxy) is 2. The summed E-state index contributed by atoms with van der Waals surface area (Å²) < 4.78 is 10.6. The highest BCUT2D eigenvalue weighted by molar-refractivity contribution is 5.97. The Morgan fingerprint density at radius 3 is 2.33 bits per heavy atom. The average molecular weight is 368 g/mol. The molecule has 0 heterocycles. The van der Waals surface area contributed by atoms with E-state index in [1.54, 1.807) is 38.5 Å². The fourth-order valence-corrected chi connectivity index (χ4v) is 2.83. The van der Waals surface area contributed by atoms with Gasteiger partial charge in [-0.05, 0) is 62.2 Å². The van der Waals surface area contributed by atoms with Crippen molar-refractivity contribution in [2.75, 3.05) is 19.5 Å². The van der Waals surface area contributed by atoms with Crippen LogP contribution >= 0.6 is 0 Å². The smallest absolute Gasteiger partial charge is 0.251 e. The lowest BCUT2D eigenvalue weighted by atomic mass is 10.1. The molecule has 6 nitrogen and oxygen atoms in total. The Labute approximate surface area is 158 Å². The maximum absolute atomic E-state index is 12.6. The van der Waals surface area contributed by atoms with Gasteiger partial charge in [-0.2, -0.15) is 0 Å². The molecule has 1 saturated carbocycles. The zero-order valence-corrected chi connectivity index (χ0v) is 15.7. The summed E-state index contributed by atoms with van der Waals surface area (Å²) in [5.74, 6) is 1.37. The molecule has 2 aromatic carbocycles. The second kappa shape index (κ2) is 8.12. The predicted octanol–water partition coefficient (Wildman–Crippen LogP) is 3.54. The summed E-state index contributed by atoms with van der Waals surface area (Å²) in [4.78, 5) is 24.4. The fraction of sp³-hybridized carbons (Fsp3) is 0.333. The summed E-state index contributed by atoms with van der Waals surface area (Å²) in [6, 6.07) is 12.1. The summed E-state index contributed by atoms with van der Waals surface area (Å²) in [6.07, 6.45) is 1.91. The molecule has 27 heavy (non-hydrogen) atoms. The van der Waals surface area contributed by atoms with Crippen molar-refractivity contribution < 1.29 is 19.1 Å². The molecule has 0 aromatic heterocycles. The van der Waals surface area contributed by atoms with Crippen molar-refractivity contribution in [3.63, 3.8) is 0 Å². The molecule has 1 aliphatic carbocycles. The molecule has 2 N–H and O–H groups in total. The van der Waals surface area contributed by atoms with Crippen molar-refractivity contribution >= 4 is 17.5 Å². The molecule has 0 aliphatic heterocycles. The average Bonchev–Trinajstić information content (AvgIpc) is 3.53. The van der Waals surface area contributed by atoms with Gasteiger partial charge in [-0.1, -0.05) is 0 Å². The zero-order valence-electron chi connectivity index (χ0n) is 15.7. The van der Waals surface area contributed by atoms with E-state index in [1.165, 1.54) is 0 Å². The normalized spacial score (nSPS) is 14.2. The van der Waals surface area contributed by atoms with Crippen LogP contribution in [0.2, 0.25) is 0 Å². The molecule has 0 spiro atoms. The Morgan fingerprint density at radius 2 is 1.74 bits per heavy atom. The van der Waals surface area contributed by atoms with Crippen molar-refractivity contribution in [2.45, 2.75) is 25.8 Å². The molecule has 3 rings (SSSR count). The standard InChI is InChI=1S/C21H24N2O4/c1-13(18-12-17(26-2)10-11-19(18)27-3)22-20(24)15-6-8-16(9-7-15)23-21(25)14-4-5-14/h6-14H,4-5H2,1-3H3,(H,22,24)(H,23,25). The molecule has 2 aromatic rings. The van der Waals surface area contributed by atoms with Crippen molar-refractivity contribution in [3.05, 3.63) is 53.6 Å². The van der Waals surface area contributed by atoms with Gasteiger partial charge in [0.1, 0.15) is 11.5 Å². The highest BCUT2D eigenvalue weighted by Gasteiger charge is 2.29. The van der Waals surface area contributed by atoms with E-state index in [0.29, 0.717) is 22.7 Å². The molecule has 1 unspecified atom stereocenters. The first kappa shape index (κ1) is 18.8. The third kappa shape index (κ3) is 4.58. The largest absolute Gasteiger partial charge is 0.497 e. The number of hydrogen-bond donors (Lipinski definition) is 2. The Balaban J connectivity index is 1.66. The zero-order chi connectivity index (χ0) is 19.4. The molecular formula is C21H24N2O4. The maximum Gasteiger partial charge on any atom is 0.251 e. The monoisotopic (exact) mass is 368 g/mol. The fourth-order valence-electron chi connectivity index (χ4n) is 2.83. The minimum atomic E-state index is -0.267. The summed E-state index contributed by atoms with van der Waals surface area (Å²) in [5.41, 5.74) is 2.05. The first-order valence-electron chi connectivity index (χ1n) is 8.95. The highest BCUT2D eigenvalue weighted by Crippen LogP contribution is 2.31. The Morgan fingerprint density at radius 1 is 1.04 bits per heavy atom. The van der Waals surface area contributed by atoms with Gasteiger partial charge in [-0.3, -0.25) is 9.59 Å². The van der Waals surface area contributed by atoms with Gasteiger partial charge in [0.05, 0.1) is 20.3 Å². The van der Waals surface area contributed by atoms with Crippen molar-refractivity contribution in [3.8, 4) is 11.5 Å². The van der Waals surface area contributed by atoms with E-state index in [0.717, 1.165) is 18.4 Å². The molecule has 0 bridgehead atoms. The minimum absolute atomic E-state index is 0.0472. The van der Waals surface area contributed by atoms with E-state index in [4.69, 9.17) is 9.47 Å². The lowest BCUT2D eigenvalue weighted by molar-refractivity contribution is -0.117. The predicted molar refractivity (Wildman–Crippen MR) is 103 cm³/mol. The number of methoxy groups -OCH3 is 2. The Kier molecular flexibility index (Phi) is 5.64.